The Labute approximate surface area is 176 Å². The van der Waals surface area contributed by atoms with Gasteiger partial charge < -0.3 is 15.4 Å². The van der Waals surface area contributed by atoms with Gasteiger partial charge in [-0.15, -0.1) is 0 Å². The van der Waals surface area contributed by atoms with Gasteiger partial charge in [-0.05, 0) is 51.0 Å². The number of fused-ring (bicyclic) bond motifs is 1. The van der Waals surface area contributed by atoms with Crippen LogP contribution in [-0.2, 0) is 19.6 Å². The number of rotatable bonds is 5. The summed E-state index contributed by atoms with van der Waals surface area (Å²) < 4.78 is 32.7. The summed E-state index contributed by atoms with van der Waals surface area (Å²) in [7, 11) is -2.61. The molecule has 8 nitrogen and oxygen atoms in total. The molecule has 3 rings (SSSR count). The highest BCUT2D eigenvalue weighted by Gasteiger charge is 2.30. The van der Waals surface area contributed by atoms with E-state index in [-0.39, 0.29) is 23.1 Å². The summed E-state index contributed by atoms with van der Waals surface area (Å²) in [4.78, 5) is 24.2. The van der Waals surface area contributed by atoms with Gasteiger partial charge in [-0.3, -0.25) is 9.59 Å². The summed E-state index contributed by atoms with van der Waals surface area (Å²) in [5, 5.41) is 5.44. The fourth-order valence-electron chi connectivity index (χ4n) is 3.22. The second-order valence-corrected chi connectivity index (χ2v) is 9.50. The molecule has 2 amide bonds. The fraction of sp³-hybridized carbons (Fsp3) is 0.333. The van der Waals surface area contributed by atoms with Crippen molar-refractivity contribution in [3.05, 3.63) is 47.0 Å². The predicted octanol–water partition coefficient (Wildman–Crippen LogP) is 2.59. The zero-order chi connectivity index (χ0) is 22.2. The third kappa shape index (κ3) is 4.31. The van der Waals surface area contributed by atoms with E-state index in [1.54, 1.807) is 26.0 Å². The standard InChI is InChI=1S/C21H25N3O5S/c1-12-6-7-16(13(2)8-12)22-20(25)11-24(5)30(27,28)19-10-18-17(9-14(19)3)23-21(26)15(4)29-18/h6-10,15H,11H2,1-5H3,(H,22,25)(H,23,26)/t15-/m1/s1. The van der Waals surface area contributed by atoms with Gasteiger partial charge in [-0.1, -0.05) is 17.7 Å². The molecule has 0 unspecified atom stereocenters. The normalized spacial score (nSPS) is 15.9. The number of likely N-dealkylation sites (N-methyl/N-ethyl adjacent to an activating group) is 1. The number of amides is 2. The minimum absolute atomic E-state index is 0.0198. The molecule has 2 aromatic rings. The van der Waals surface area contributed by atoms with E-state index in [1.165, 1.54) is 13.1 Å². The molecule has 1 aliphatic heterocycles. The van der Waals surface area contributed by atoms with E-state index in [1.807, 2.05) is 26.0 Å². The van der Waals surface area contributed by atoms with Crippen molar-refractivity contribution in [3.63, 3.8) is 0 Å². The molecule has 9 heteroatoms. The summed E-state index contributed by atoms with van der Waals surface area (Å²) in [5.41, 5.74) is 3.46. The lowest BCUT2D eigenvalue weighted by atomic mass is 10.1. The van der Waals surface area contributed by atoms with Crippen LogP contribution in [0, 0.1) is 20.8 Å². The van der Waals surface area contributed by atoms with E-state index in [4.69, 9.17) is 4.74 Å². The molecule has 0 radical (unpaired) electrons. The topological polar surface area (TPSA) is 105 Å². The van der Waals surface area contributed by atoms with E-state index in [0.29, 0.717) is 16.9 Å². The van der Waals surface area contributed by atoms with Crippen LogP contribution in [0.15, 0.2) is 35.2 Å². The predicted molar refractivity (Wildman–Crippen MR) is 114 cm³/mol. The molecule has 0 spiro atoms. The zero-order valence-electron chi connectivity index (χ0n) is 17.6. The molecule has 0 bridgehead atoms. The number of hydrogen-bond acceptors (Lipinski definition) is 5. The Balaban J connectivity index is 1.80. The van der Waals surface area contributed by atoms with Crippen LogP contribution in [0.2, 0.25) is 0 Å². The average molecular weight is 432 g/mol. The van der Waals surface area contributed by atoms with Crippen LogP contribution in [-0.4, -0.2) is 44.2 Å². The minimum atomic E-state index is -3.96. The van der Waals surface area contributed by atoms with E-state index < -0.39 is 22.0 Å². The second-order valence-electron chi connectivity index (χ2n) is 7.49. The summed E-state index contributed by atoms with van der Waals surface area (Å²) in [6, 6.07) is 8.53. The van der Waals surface area contributed by atoms with Crippen LogP contribution in [0.1, 0.15) is 23.6 Å². The summed E-state index contributed by atoms with van der Waals surface area (Å²) in [6.07, 6.45) is -0.725. The van der Waals surface area contributed by atoms with Gasteiger partial charge in [0.1, 0.15) is 5.75 Å². The molecule has 30 heavy (non-hydrogen) atoms. The molecule has 0 saturated carbocycles. The van der Waals surface area contributed by atoms with Gasteiger partial charge in [0.25, 0.3) is 5.91 Å². The Morgan fingerprint density at radius 2 is 1.87 bits per heavy atom. The molecule has 0 aromatic heterocycles. The highest BCUT2D eigenvalue weighted by molar-refractivity contribution is 7.89. The number of sulfonamides is 1. The van der Waals surface area contributed by atoms with E-state index >= 15 is 0 Å². The van der Waals surface area contributed by atoms with Crippen LogP contribution in [0.5, 0.6) is 5.75 Å². The highest BCUT2D eigenvalue weighted by atomic mass is 32.2. The summed E-state index contributed by atoms with van der Waals surface area (Å²) >= 11 is 0. The van der Waals surface area contributed by atoms with Crippen molar-refractivity contribution < 1.29 is 22.7 Å². The van der Waals surface area contributed by atoms with Gasteiger partial charge in [0.2, 0.25) is 15.9 Å². The molecule has 1 atom stereocenters. The Morgan fingerprint density at radius 3 is 2.53 bits per heavy atom. The number of nitrogens with one attached hydrogen (secondary N) is 2. The molecule has 1 aliphatic rings. The van der Waals surface area contributed by atoms with Crippen LogP contribution >= 0.6 is 0 Å². The van der Waals surface area contributed by atoms with Gasteiger partial charge >= 0.3 is 0 Å². The third-order valence-electron chi connectivity index (χ3n) is 4.92. The average Bonchev–Trinajstić information content (AvgIpc) is 2.64. The number of benzene rings is 2. The van der Waals surface area contributed by atoms with Gasteiger partial charge in [0, 0.05) is 18.8 Å². The maximum Gasteiger partial charge on any atom is 0.265 e. The van der Waals surface area contributed by atoms with Gasteiger partial charge in [-0.25, -0.2) is 8.42 Å². The molecule has 1 heterocycles. The van der Waals surface area contributed by atoms with Crippen molar-refractivity contribution in [2.75, 3.05) is 24.2 Å². The lowest BCUT2D eigenvalue weighted by Gasteiger charge is -2.25. The van der Waals surface area contributed by atoms with Crippen molar-refractivity contribution in [1.29, 1.82) is 0 Å². The van der Waals surface area contributed by atoms with Gasteiger partial charge in [0.15, 0.2) is 6.10 Å². The van der Waals surface area contributed by atoms with Crippen molar-refractivity contribution in [2.24, 2.45) is 0 Å². The lowest BCUT2D eigenvalue weighted by molar-refractivity contribution is -0.122. The highest BCUT2D eigenvalue weighted by Crippen LogP contribution is 2.35. The first-order valence-electron chi connectivity index (χ1n) is 9.44. The Bertz CT molecular complexity index is 1130. The van der Waals surface area contributed by atoms with E-state index in [9.17, 15) is 18.0 Å². The Kier molecular flexibility index (Phi) is 5.87. The molecular weight excluding hydrogens is 406 g/mol. The number of nitrogens with zero attached hydrogens (tertiary/aromatic N) is 1. The van der Waals surface area contributed by atoms with Crippen LogP contribution in [0.25, 0.3) is 0 Å². The first-order valence-corrected chi connectivity index (χ1v) is 10.9. The monoisotopic (exact) mass is 431 g/mol. The first kappa shape index (κ1) is 21.8. The number of carbonyl (C=O) groups excluding carboxylic acids is 2. The molecule has 2 aromatic carbocycles. The first-order chi connectivity index (χ1) is 14.0. The number of ether oxygens (including phenoxy) is 1. The SMILES string of the molecule is Cc1ccc(NC(=O)CN(C)S(=O)(=O)c2cc3c(cc2C)NC(=O)[C@@H](C)O3)c(C)c1. The van der Waals surface area contributed by atoms with Crippen molar-refractivity contribution >= 4 is 33.2 Å². The number of anilines is 2. The molecule has 2 N–H and O–H groups in total. The van der Waals surface area contributed by atoms with Crippen molar-refractivity contribution in [3.8, 4) is 5.75 Å². The van der Waals surface area contributed by atoms with Gasteiger partial charge in [-0.2, -0.15) is 4.31 Å². The quantitative estimate of drug-likeness (QED) is 0.757. The number of carbonyl (C=O) groups is 2. The van der Waals surface area contributed by atoms with Crippen LogP contribution in [0.4, 0.5) is 11.4 Å². The maximum absolute atomic E-state index is 13.1. The zero-order valence-corrected chi connectivity index (χ0v) is 18.4. The van der Waals surface area contributed by atoms with E-state index in [0.717, 1.165) is 15.4 Å². The molecule has 0 aliphatic carbocycles. The second kappa shape index (κ2) is 8.08. The number of aryl methyl sites for hydroxylation is 3. The summed E-state index contributed by atoms with van der Waals surface area (Å²) in [6.45, 7) is 6.69. The third-order valence-corrected chi connectivity index (χ3v) is 6.86. The smallest absolute Gasteiger partial charge is 0.265 e. The summed E-state index contributed by atoms with van der Waals surface area (Å²) in [5.74, 6) is -0.460. The van der Waals surface area contributed by atoms with Crippen molar-refractivity contribution in [1.82, 2.24) is 4.31 Å². The molecular formula is C21H25N3O5S. The fourth-order valence-corrected chi connectivity index (χ4v) is 4.56. The molecule has 0 saturated heterocycles. The molecule has 0 fully saturated rings. The van der Waals surface area contributed by atoms with Gasteiger partial charge in [0.05, 0.1) is 17.1 Å². The molecule has 160 valence electrons. The van der Waals surface area contributed by atoms with Crippen LogP contribution < -0.4 is 15.4 Å². The Hall–Kier alpha value is -2.91. The minimum Gasteiger partial charge on any atom is -0.479 e. The van der Waals surface area contributed by atoms with Crippen molar-refractivity contribution in [2.45, 2.75) is 38.7 Å². The lowest BCUT2D eigenvalue weighted by Crippen LogP contribution is -2.36. The van der Waals surface area contributed by atoms with E-state index in [2.05, 4.69) is 10.6 Å². The Morgan fingerprint density at radius 1 is 1.17 bits per heavy atom. The largest absolute Gasteiger partial charge is 0.479 e. The maximum atomic E-state index is 13.1. The number of hydrogen-bond donors (Lipinski definition) is 2. The van der Waals surface area contributed by atoms with Crippen LogP contribution in [0.3, 0.4) is 0 Å².